The van der Waals surface area contributed by atoms with E-state index in [1.165, 1.54) is 0 Å². The van der Waals surface area contributed by atoms with E-state index in [0.29, 0.717) is 5.56 Å². The standard InChI is InChI=1S/C13H16BrNO2/c1-9(2)17-10-4-5-12(14)11(8-10)13(16)15-6-3-7-15/h4-5,8-9H,3,6-7H2,1-2H3. The Kier molecular flexibility index (Phi) is 3.72. The molecule has 1 aromatic rings. The SMILES string of the molecule is CC(C)Oc1ccc(Br)c(C(=O)N2CCC2)c1. The second-order valence-electron chi connectivity index (χ2n) is 4.45. The van der Waals surface area contributed by atoms with Crippen molar-refractivity contribution in [2.24, 2.45) is 0 Å². The second-order valence-corrected chi connectivity index (χ2v) is 5.31. The smallest absolute Gasteiger partial charge is 0.255 e. The number of amides is 1. The Morgan fingerprint density at radius 2 is 2.12 bits per heavy atom. The van der Waals surface area contributed by atoms with Crippen molar-refractivity contribution in [3.8, 4) is 5.75 Å². The fourth-order valence-corrected chi connectivity index (χ4v) is 2.12. The van der Waals surface area contributed by atoms with Gasteiger partial charge in [-0.05, 0) is 54.4 Å². The van der Waals surface area contributed by atoms with Gasteiger partial charge in [0, 0.05) is 17.6 Å². The van der Waals surface area contributed by atoms with Gasteiger partial charge < -0.3 is 9.64 Å². The van der Waals surface area contributed by atoms with Crippen LogP contribution in [-0.2, 0) is 0 Å². The monoisotopic (exact) mass is 297 g/mol. The molecule has 1 heterocycles. The van der Waals surface area contributed by atoms with E-state index in [0.717, 1.165) is 29.7 Å². The summed E-state index contributed by atoms with van der Waals surface area (Å²) in [4.78, 5) is 14.0. The number of carbonyl (C=O) groups excluding carboxylic acids is 1. The van der Waals surface area contributed by atoms with Crippen molar-refractivity contribution in [1.82, 2.24) is 4.90 Å². The first-order valence-corrected chi connectivity index (χ1v) is 6.62. The van der Waals surface area contributed by atoms with Gasteiger partial charge in [0.2, 0.25) is 0 Å². The van der Waals surface area contributed by atoms with Crippen LogP contribution >= 0.6 is 15.9 Å². The Labute approximate surface area is 110 Å². The van der Waals surface area contributed by atoms with Crippen LogP contribution in [0.25, 0.3) is 0 Å². The zero-order valence-electron chi connectivity index (χ0n) is 10.1. The topological polar surface area (TPSA) is 29.5 Å². The summed E-state index contributed by atoms with van der Waals surface area (Å²) in [5.74, 6) is 0.824. The first kappa shape index (κ1) is 12.4. The molecule has 1 amide bonds. The Morgan fingerprint density at radius 3 is 2.65 bits per heavy atom. The minimum Gasteiger partial charge on any atom is -0.491 e. The van der Waals surface area contributed by atoms with Gasteiger partial charge in [0.25, 0.3) is 5.91 Å². The largest absolute Gasteiger partial charge is 0.491 e. The summed E-state index contributed by atoms with van der Waals surface area (Å²) in [6.45, 7) is 5.67. The summed E-state index contributed by atoms with van der Waals surface area (Å²) in [5, 5.41) is 0. The van der Waals surface area contributed by atoms with E-state index in [2.05, 4.69) is 15.9 Å². The molecule has 0 N–H and O–H groups in total. The van der Waals surface area contributed by atoms with Crippen LogP contribution in [0.3, 0.4) is 0 Å². The van der Waals surface area contributed by atoms with Gasteiger partial charge in [0.05, 0.1) is 11.7 Å². The van der Waals surface area contributed by atoms with Gasteiger partial charge in [-0.3, -0.25) is 4.79 Å². The van der Waals surface area contributed by atoms with Crippen molar-refractivity contribution in [2.45, 2.75) is 26.4 Å². The summed E-state index contributed by atoms with van der Waals surface area (Å²) >= 11 is 3.42. The third kappa shape index (κ3) is 2.80. The number of carbonyl (C=O) groups is 1. The average Bonchev–Trinajstić information content (AvgIpc) is 2.17. The van der Waals surface area contributed by atoms with Crippen molar-refractivity contribution in [3.05, 3.63) is 28.2 Å². The maximum absolute atomic E-state index is 12.1. The number of likely N-dealkylation sites (tertiary alicyclic amines) is 1. The van der Waals surface area contributed by atoms with Gasteiger partial charge in [-0.2, -0.15) is 0 Å². The summed E-state index contributed by atoms with van der Waals surface area (Å²) in [6, 6.07) is 5.55. The molecule has 0 saturated carbocycles. The highest BCUT2D eigenvalue weighted by Crippen LogP contribution is 2.26. The van der Waals surface area contributed by atoms with E-state index < -0.39 is 0 Å². The van der Waals surface area contributed by atoms with Crippen LogP contribution in [0.5, 0.6) is 5.75 Å². The quantitative estimate of drug-likeness (QED) is 0.858. The van der Waals surface area contributed by atoms with Crippen molar-refractivity contribution >= 4 is 21.8 Å². The van der Waals surface area contributed by atoms with E-state index in [4.69, 9.17) is 4.74 Å². The molecule has 0 atom stereocenters. The minimum atomic E-state index is 0.0809. The Hall–Kier alpha value is -1.03. The van der Waals surface area contributed by atoms with E-state index in [1.807, 2.05) is 36.9 Å². The Morgan fingerprint density at radius 1 is 1.41 bits per heavy atom. The summed E-state index contributed by atoms with van der Waals surface area (Å²) in [7, 11) is 0. The highest BCUT2D eigenvalue weighted by atomic mass is 79.9. The van der Waals surface area contributed by atoms with E-state index >= 15 is 0 Å². The van der Waals surface area contributed by atoms with Crippen molar-refractivity contribution in [3.63, 3.8) is 0 Å². The molecule has 0 bridgehead atoms. The molecular formula is C13H16BrNO2. The maximum Gasteiger partial charge on any atom is 0.255 e. The highest BCUT2D eigenvalue weighted by molar-refractivity contribution is 9.10. The highest BCUT2D eigenvalue weighted by Gasteiger charge is 2.23. The van der Waals surface area contributed by atoms with Crippen LogP contribution in [-0.4, -0.2) is 30.0 Å². The van der Waals surface area contributed by atoms with Gasteiger partial charge in [-0.15, -0.1) is 0 Å². The molecule has 17 heavy (non-hydrogen) atoms. The van der Waals surface area contributed by atoms with Crippen LogP contribution in [0, 0.1) is 0 Å². The molecule has 1 saturated heterocycles. The molecule has 1 aliphatic rings. The number of ether oxygens (including phenoxy) is 1. The zero-order chi connectivity index (χ0) is 12.4. The summed E-state index contributed by atoms with van der Waals surface area (Å²) < 4.78 is 6.42. The molecule has 0 spiro atoms. The molecule has 92 valence electrons. The average molecular weight is 298 g/mol. The molecule has 2 rings (SSSR count). The fourth-order valence-electron chi connectivity index (χ4n) is 1.70. The van der Waals surface area contributed by atoms with Crippen LogP contribution < -0.4 is 4.74 Å². The fraction of sp³-hybridized carbons (Fsp3) is 0.462. The van der Waals surface area contributed by atoms with Gasteiger partial charge in [0.1, 0.15) is 5.75 Å². The molecular weight excluding hydrogens is 282 g/mol. The van der Waals surface area contributed by atoms with Crippen LogP contribution in [0.4, 0.5) is 0 Å². The number of rotatable bonds is 3. The molecule has 1 aromatic carbocycles. The van der Waals surface area contributed by atoms with E-state index in [-0.39, 0.29) is 12.0 Å². The number of nitrogens with zero attached hydrogens (tertiary/aromatic N) is 1. The summed E-state index contributed by atoms with van der Waals surface area (Å²) in [5.41, 5.74) is 0.683. The first-order chi connectivity index (χ1) is 8.08. The second kappa shape index (κ2) is 5.08. The van der Waals surface area contributed by atoms with Gasteiger partial charge in [-0.25, -0.2) is 0 Å². The molecule has 1 aliphatic heterocycles. The molecule has 0 aliphatic carbocycles. The van der Waals surface area contributed by atoms with Crippen molar-refractivity contribution in [2.75, 3.05) is 13.1 Å². The van der Waals surface area contributed by atoms with Crippen LogP contribution in [0.1, 0.15) is 30.6 Å². The molecule has 0 radical (unpaired) electrons. The van der Waals surface area contributed by atoms with Crippen molar-refractivity contribution < 1.29 is 9.53 Å². The molecule has 1 fully saturated rings. The first-order valence-electron chi connectivity index (χ1n) is 5.83. The van der Waals surface area contributed by atoms with Crippen LogP contribution in [0.15, 0.2) is 22.7 Å². The lowest BCUT2D eigenvalue weighted by atomic mass is 10.1. The number of halogens is 1. The molecule has 4 heteroatoms. The lowest BCUT2D eigenvalue weighted by molar-refractivity contribution is 0.0650. The van der Waals surface area contributed by atoms with E-state index in [9.17, 15) is 4.79 Å². The molecule has 3 nitrogen and oxygen atoms in total. The third-order valence-corrected chi connectivity index (χ3v) is 3.37. The third-order valence-electron chi connectivity index (χ3n) is 2.68. The maximum atomic E-state index is 12.1. The lowest BCUT2D eigenvalue weighted by Crippen LogP contribution is -2.42. The Balaban J connectivity index is 2.22. The number of hydrogen-bond donors (Lipinski definition) is 0. The van der Waals surface area contributed by atoms with Crippen LogP contribution in [0.2, 0.25) is 0 Å². The zero-order valence-corrected chi connectivity index (χ0v) is 11.7. The molecule has 0 aromatic heterocycles. The van der Waals surface area contributed by atoms with Gasteiger partial charge in [0.15, 0.2) is 0 Å². The number of benzene rings is 1. The Bertz CT molecular complexity index is 427. The van der Waals surface area contributed by atoms with Gasteiger partial charge >= 0.3 is 0 Å². The predicted octanol–water partition coefficient (Wildman–Crippen LogP) is 3.08. The lowest BCUT2D eigenvalue weighted by Gasteiger charge is -2.31. The van der Waals surface area contributed by atoms with E-state index in [1.54, 1.807) is 0 Å². The molecule has 0 unspecified atom stereocenters. The van der Waals surface area contributed by atoms with Gasteiger partial charge in [-0.1, -0.05) is 0 Å². The number of hydrogen-bond acceptors (Lipinski definition) is 2. The predicted molar refractivity (Wildman–Crippen MR) is 70.4 cm³/mol. The summed E-state index contributed by atoms with van der Waals surface area (Å²) in [6.07, 6.45) is 1.22. The van der Waals surface area contributed by atoms with Crippen molar-refractivity contribution in [1.29, 1.82) is 0 Å². The minimum absolute atomic E-state index is 0.0809. The normalized spacial score (nSPS) is 14.7.